The molecule has 1 aromatic carbocycles. The minimum Gasteiger partial charge on any atom is -0.378 e. The van der Waals surface area contributed by atoms with Crippen LogP contribution in [0.4, 0.5) is 0 Å². The van der Waals surface area contributed by atoms with E-state index >= 15 is 0 Å². The number of halogens is 1. The van der Waals surface area contributed by atoms with E-state index < -0.39 is 0 Å². The molecule has 2 rings (SSSR count). The van der Waals surface area contributed by atoms with Gasteiger partial charge in [0.25, 0.3) is 0 Å². The van der Waals surface area contributed by atoms with Gasteiger partial charge in [0.1, 0.15) is 0 Å². The molecule has 1 saturated heterocycles. The lowest BCUT2D eigenvalue weighted by Gasteiger charge is -2.22. The Kier molecular flexibility index (Phi) is 5.86. The molecule has 19 heavy (non-hydrogen) atoms. The van der Waals surface area contributed by atoms with Crippen LogP contribution in [0.25, 0.3) is 0 Å². The number of nitrogens with one attached hydrogen (secondary N) is 1. The summed E-state index contributed by atoms with van der Waals surface area (Å²) in [5.74, 6) is 0.108. The van der Waals surface area contributed by atoms with Crippen molar-refractivity contribution in [2.75, 3.05) is 6.61 Å². The molecule has 3 nitrogen and oxygen atoms in total. The number of amides is 1. The smallest absolute Gasteiger partial charge is 0.220 e. The summed E-state index contributed by atoms with van der Waals surface area (Å²) >= 11 is 3.39. The van der Waals surface area contributed by atoms with Crippen LogP contribution in [0.3, 0.4) is 0 Å². The second-order valence-corrected chi connectivity index (χ2v) is 5.85. The maximum Gasteiger partial charge on any atom is 0.220 e. The molecule has 0 radical (unpaired) electrons. The summed E-state index contributed by atoms with van der Waals surface area (Å²) in [5, 5.41) is 2.95. The monoisotopic (exact) mass is 325 g/mol. The van der Waals surface area contributed by atoms with E-state index in [9.17, 15) is 4.79 Å². The Morgan fingerprint density at radius 2 is 2.11 bits per heavy atom. The SMILES string of the molecule is O=C(CCC1CCCCO1)NCc1ccc(Br)cc1. The lowest BCUT2D eigenvalue weighted by atomic mass is 10.0. The molecule has 1 heterocycles. The van der Waals surface area contributed by atoms with Crippen molar-refractivity contribution in [3.8, 4) is 0 Å². The topological polar surface area (TPSA) is 38.3 Å². The average Bonchev–Trinajstić information content (AvgIpc) is 2.45. The molecule has 1 aliphatic heterocycles. The highest BCUT2D eigenvalue weighted by Gasteiger charge is 2.14. The second kappa shape index (κ2) is 7.65. The lowest BCUT2D eigenvalue weighted by molar-refractivity contribution is -0.122. The van der Waals surface area contributed by atoms with Crippen molar-refractivity contribution in [3.05, 3.63) is 34.3 Å². The third kappa shape index (κ3) is 5.33. The Bertz CT molecular complexity index is 399. The number of hydrogen-bond acceptors (Lipinski definition) is 2. The number of carbonyl (C=O) groups excluding carboxylic acids is 1. The summed E-state index contributed by atoms with van der Waals surface area (Å²) in [5.41, 5.74) is 1.12. The predicted octanol–water partition coefficient (Wildman–Crippen LogP) is 3.41. The van der Waals surface area contributed by atoms with Crippen LogP contribution in [-0.4, -0.2) is 18.6 Å². The number of ether oxygens (including phenoxy) is 1. The van der Waals surface area contributed by atoms with E-state index in [2.05, 4.69) is 21.2 Å². The number of carbonyl (C=O) groups is 1. The number of benzene rings is 1. The summed E-state index contributed by atoms with van der Waals surface area (Å²) in [4.78, 5) is 11.8. The molecular formula is C15H20BrNO2. The van der Waals surface area contributed by atoms with Gasteiger partial charge >= 0.3 is 0 Å². The number of rotatable bonds is 5. The first-order valence-corrected chi connectivity index (χ1v) is 7.66. The van der Waals surface area contributed by atoms with Gasteiger partial charge in [0.05, 0.1) is 6.10 Å². The largest absolute Gasteiger partial charge is 0.378 e. The van der Waals surface area contributed by atoms with Gasteiger partial charge in [0.2, 0.25) is 5.91 Å². The Labute approximate surface area is 122 Å². The minimum absolute atomic E-state index is 0.108. The van der Waals surface area contributed by atoms with Crippen molar-refractivity contribution in [2.24, 2.45) is 0 Å². The van der Waals surface area contributed by atoms with E-state index in [1.807, 2.05) is 24.3 Å². The molecule has 1 aromatic rings. The summed E-state index contributed by atoms with van der Waals surface area (Å²) in [6.07, 6.45) is 5.16. The first-order valence-electron chi connectivity index (χ1n) is 6.87. The molecule has 1 unspecified atom stereocenters. The third-order valence-electron chi connectivity index (χ3n) is 3.37. The summed E-state index contributed by atoms with van der Waals surface area (Å²) in [6, 6.07) is 7.98. The van der Waals surface area contributed by atoms with Crippen LogP contribution in [0.5, 0.6) is 0 Å². The van der Waals surface area contributed by atoms with E-state index in [0.717, 1.165) is 35.9 Å². The van der Waals surface area contributed by atoms with E-state index in [1.165, 1.54) is 6.42 Å². The summed E-state index contributed by atoms with van der Waals surface area (Å²) < 4.78 is 6.67. The number of hydrogen-bond donors (Lipinski definition) is 1. The Balaban J connectivity index is 1.65. The average molecular weight is 326 g/mol. The maximum absolute atomic E-state index is 11.8. The van der Waals surface area contributed by atoms with E-state index in [0.29, 0.717) is 13.0 Å². The Morgan fingerprint density at radius 3 is 2.79 bits per heavy atom. The standard InChI is InChI=1S/C15H20BrNO2/c16-13-6-4-12(5-7-13)11-17-15(18)9-8-14-3-1-2-10-19-14/h4-7,14H,1-3,8-11H2,(H,17,18). The highest BCUT2D eigenvalue weighted by atomic mass is 79.9. The third-order valence-corrected chi connectivity index (χ3v) is 3.90. The molecule has 0 spiro atoms. The van der Waals surface area contributed by atoms with Gasteiger partial charge in [-0.3, -0.25) is 4.79 Å². The molecule has 1 amide bonds. The predicted molar refractivity (Wildman–Crippen MR) is 78.8 cm³/mol. The molecule has 1 N–H and O–H groups in total. The molecule has 0 saturated carbocycles. The van der Waals surface area contributed by atoms with Crippen molar-refractivity contribution >= 4 is 21.8 Å². The van der Waals surface area contributed by atoms with Gasteiger partial charge in [-0.05, 0) is 43.4 Å². The van der Waals surface area contributed by atoms with Crippen LogP contribution < -0.4 is 5.32 Å². The van der Waals surface area contributed by atoms with Crippen LogP contribution in [0.2, 0.25) is 0 Å². The Morgan fingerprint density at radius 1 is 1.32 bits per heavy atom. The maximum atomic E-state index is 11.8. The zero-order valence-corrected chi connectivity index (χ0v) is 12.6. The zero-order chi connectivity index (χ0) is 13.5. The van der Waals surface area contributed by atoms with Crippen molar-refractivity contribution in [2.45, 2.75) is 44.8 Å². The molecule has 0 bridgehead atoms. The van der Waals surface area contributed by atoms with Gasteiger partial charge in [-0.25, -0.2) is 0 Å². The first kappa shape index (κ1) is 14.5. The molecule has 0 aromatic heterocycles. The van der Waals surface area contributed by atoms with Crippen molar-refractivity contribution < 1.29 is 9.53 Å². The molecule has 104 valence electrons. The molecule has 1 fully saturated rings. The Hall–Kier alpha value is -0.870. The van der Waals surface area contributed by atoms with E-state index in [-0.39, 0.29) is 12.0 Å². The van der Waals surface area contributed by atoms with Crippen molar-refractivity contribution in [1.82, 2.24) is 5.32 Å². The summed E-state index contributed by atoms with van der Waals surface area (Å²) in [7, 11) is 0. The van der Waals surface area contributed by atoms with Gasteiger partial charge in [-0.1, -0.05) is 28.1 Å². The molecule has 4 heteroatoms. The molecular weight excluding hydrogens is 306 g/mol. The van der Waals surface area contributed by atoms with E-state index in [4.69, 9.17) is 4.74 Å². The van der Waals surface area contributed by atoms with Gasteiger partial charge in [-0.2, -0.15) is 0 Å². The molecule has 1 atom stereocenters. The molecule has 0 aliphatic carbocycles. The summed E-state index contributed by atoms with van der Waals surface area (Å²) in [6.45, 7) is 1.45. The zero-order valence-electron chi connectivity index (χ0n) is 11.0. The first-order chi connectivity index (χ1) is 9.24. The fraction of sp³-hybridized carbons (Fsp3) is 0.533. The van der Waals surface area contributed by atoms with Crippen LogP contribution in [0, 0.1) is 0 Å². The van der Waals surface area contributed by atoms with Gasteiger partial charge in [-0.15, -0.1) is 0 Å². The van der Waals surface area contributed by atoms with Gasteiger partial charge < -0.3 is 10.1 Å². The highest BCUT2D eigenvalue weighted by molar-refractivity contribution is 9.10. The van der Waals surface area contributed by atoms with Crippen LogP contribution >= 0.6 is 15.9 Å². The lowest BCUT2D eigenvalue weighted by Crippen LogP contribution is -2.26. The fourth-order valence-corrected chi connectivity index (χ4v) is 2.48. The van der Waals surface area contributed by atoms with Crippen molar-refractivity contribution in [1.29, 1.82) is 0 Å². The minimum atomic E-state index is 0.108. The quantitative estimate of drug-likeness (QED) is 0.900. The van der Waals surface area contributed by atoms with E-state index in [1.54, 1.807) is 0 Å². The highest BCUT2D eigenvalue weighted by Crippen LogP contribution is 2.17. The van der Waals surface area contributed by atoms with Gasteiger partial charge in [0.15, 0.2) is 0 Å². The van der Waals surface area contributed by atoms with Gasteiger partial charge in [0, 0.05) is 24.0 Å². The normalized spacial score (nSPS) is 19.1. The van der Waals surface area contributed by atoms with Crippen LogP contribution in [0.1, 0.15) is 37.7 Å². The van der Waals surface area contributed by atoms with Crippen LogP contribution in [-0.2, 0) is 16.1 Å². The second-order valence-electron chi connectivity index (χ2n) is 4.93. The molecule has 1 aliphatic rings. The van der Waals surface area contributed by atoms with Crippen molar-refractivity contribution in [3.63, 3.8) is 0 Å². The fourth-order valence-electron chi connectivity index (χ4n) is 2.22. The van der Waals surface area contributed by atoms with Crippen LogP contribution in [0.15, 0.2) is 28.7 Å².